The Morgan fingerprint density at radius 1 is 1.53 bits per heavy atom. The Morgan fingerprint density at radius 2 is 2.20 bits per heavy atom. The van der Waals surface area contributed by atoms with Crippen LogP contribution in [0.25, 0.3) is 0 Å². The smallest absolute Gasteiger partial charge is 0.149 e. The Hall–Kier alpha value is -0.410. The first kappa shape index (κ1) is 12.7. The zero-order valence-electron chi connectivity index (χ0n) is 10.3. The van der Waals surface area contributed by atoms with Crippen LogP contribution in [-0.2, 0) is 9.53 Å². The summed E-state index contributed by atoms with van der Waals surface area (Å²) in [4.78, 5) is 14.1. The summed E-state index contributed by atoms with van der Waals surface area (Å²) in [6.07, 6.45) is 1.19. The molecule has 0 aliphatic carbocycles. The second-order valence-corrected chi connectivity index (χ2v) is 4.70. The SMILES string of the molecule is CCC(C)C(=O)CN1CC(C)OCC1C. The van der Waals surface area contributed by atoms with Crippen molar-refractivity contribution in [3.63, 3.8) is 0 Å². The van der Waals surface area contributed by atoms with Crippen LogP contribution in [0, 0.1) is 5.92 Å². The van der Waals surface area contributed by atoms with Gasteiger partial charge in [0.25, 0.3) is 0 Å². The third-order valence-electron chi connectivity index (χ3n) is 3.26. The van der Waals surface area contributed by atoms with E-state index in [0.29, 0.717) is 18.4 Å². The monoisotopic (exact) mass is 213 g/mol. The summed E-state index contributed by atoms with van der Waals surface area (Å²) in [5.74, 6) is 0.550. The molecule has 0 amide bonds. The molecule has 1 rings (SSSR count). The molecule has 1 aliphatic rings. The van der Waals surface area contributed by atoms with Crippen LogP contribution < -0.4 is 0 Å². The van der Waals surface area contributed by atoms with Gasteiger partial charge in [0.1, 0.15) is 5.78 Å². The average molecular weight is 213 g/mol. The van der Waals surface area contributed by atoms with Crippen LogP contribution in [0.15, 0.2) is 0 Å². The van der Waals surface area contributed by atoms with E-state index in [1.54, 1.807) is 0 Å². The number of Topliss-reactive ketones (excluding diaryl/α,β-unsaturated/α-hetero) is 1. The van der Waals surface area contributed by atoms with Gasteiger partial charge in [0.15, 0.2) is 0 Å². The van der Waals surface area contributed by atoms with Crippen LogP contribution in [0.3, 0.4) is 0 Å². The molecule has 0 aromatic carbocycles. The van der Waals surface area contributed by atoms with E-state index in [1.807, 2.05) is 6.92 Å². The molecule has 0 spiro atoms. The minimum Gasteiger partial charge on any atom is -0.376 e. The zero-order valence-corrected chi connectivity index (χ0v) is 10.3. The topological polar surface area (TPSA) is 29.5 Å². The molecular formula is C12H23NO2. The van der Waals surface area contributed by atoms with Crippen molar-refractivity contribution in [3.05, 3.63) is 0 Å². The van der Waals surface area contributed by atoms with Gasteiger partial charge in [-0.1, -0.05) is 13.8 Å². The standard InChI is InChI=1S/C12H23NO2/c1-5-9(2)12(14)7-13-6-11(4)15-8-10(13)3/h9-11H,5-8H2,1-4H3. The molecule has 15 heavy (non-hydrogen) atoms. The fraction of sp³-hybridized carbons (Fsp3) is 0.917. The molecule has 0 radical (unpaired) electrons. The van der Waals surface area contributed by atoms with Gasteiger partial charge in [0.2, 0.25) is 0 Å². The minimum absolute atomic E-state index is 0.190. The maximum Gasteiger partial charge on any atom is 0.149 e. The molecule has 1 saturated heterocycles. The average Bonchev–Trinajstić information content (AvgIpc) is 2.22. The number of ketones is 1. The summed E-state index contributed by atoms with van der Waals surface area (Å²) in [5.41, 5.74) is 0. The number of carbonyl (C=O) groups is 1. The molecule has 3 heteroatoms. The van der Waals surface area contributed by atoms with Gasteiger partial charge in [-0.3, -0.25) is 9.69 Å². The molecule has 0 bridgehead atoms. The maximum absolute atomic E-state index is 11.8. The maximum atomic E-state index is 11.8. The van der Waals surface area contributed by atoms with E-state index in [1.165, 1.54) is 0 Å². The molecule has 3 nitrogen and oxygen atoms in total. The highest BCUT2D eigenvalue weighted by molar-refractivity contribution is 5.82. The highest BCUT2D eigenvalue weighted by Gasteiger charge is 2.26. The Balaban J connectivity index is 2.45. The van der Waals surface area contributed by atoms with Crippen molar-refractivity contribution in [2.75, 3.05) is 19.7 Å². The van der Waals surface area contributed by atoms with Gasteiger partial charge in [-0.25, -0.2) is 0 Å². The molecule has 88 valence electrons. The van der Waals surface area contributed by atoms with Crippen LogP contribution in [0.5, 0.6) is 0 Å². The third kappa shape index (κ3) is 3.58. The van der Waals surface area contributed by atoms with E-state index < -0.39 is 0 Å². The van der Waals surface area contributed by atoms with E-state index in [2.05, 4.69) is 25.7 Å². The largest absolute Gasteiger partial charge is 0.376 e. The normalized spacial score (nSPS) is 30.1. The molecule has 1 fully saturated rings. The predicted octanol–water partition coefficient (Wildman–Crippen LogP) is 1.71. The Kier molecular flexibility index (Phi) is 4.74. The summed E-state index contributed by atoms with van der Waals surface area (Å²) in [7, 11) is 0. The summed E-state index contributed by atoms with van der Waals surface area (Å²) in [6, 6.07) is 0.370. The second-order valence-electron chi connectivity index (χ2n) is 4.70. The van der Waals surface area contributed by atoms with Gasteiger partial charge in [-0.05, 0) is 20.3 Å². The van der Waals surface area contributed by atoms with Crippen molar-refractivity contribution in [2.45, 2.75) is 46.3 Å². The van der Waals surface area contributed by atoms with E-state index in [9.17, 15) is 4.79 Å². The molecule has 1 aliphatic heterocycles. The molecule has 0 saturated carbocycles. The highest BCUT2D eigenvalue weighted by Crippen LogP contribution is 2.13. The van der Waals surface area contributed by atoms with E-state index in [0.717, 1.165) is 19.6 Å². The molecule has 1 heterocycles. The number of ether oxygens (including phenoxy) is 1. The number of hydrogen-bond donors (Lipinski definition) is 0. The molecule has 3 unspecified atom stereocenters. The summed E-state index contributed by atoms with van der Waals surface area (Å²) < 4.78 is 5.54. The molecule has 3 atom stereocenters. The van der Waals surface area contributed by atoms with Gasteiger partial charge in [-0.15, -0.1) is 0 Å². The summed E-state index contributed by atoms with van der Waals surface area (Å²) in [6.45, 7) is 10.5. The highest BCUT2D eigenvalue weighted by atomic mass is 16.5. The lowest BCUT2D eigenvalue weighted by atomic mass is 10.0. The lowest BCUT2D eigenvalue weighted by Gasteiger charge is -2.36. The van der Waals surface area contributed by atoms with Gasteiger partial charge in [0.05, 0.1) is 19.3 Å². The Labute approximate surface area is 92.8 Å². The third-order valence-corrected chi connectivity index (χ3v) is 3.26. The van der Waals surface area contributed by atoms with Crippen molar-refractivity contribution < 1.29 is 9.53 Å². The van der Waals surface area contributed by atoms with Gasteiger partial charge in [-0.2, -0.15) is 0 Å². The minimum atomic E-state index is 0.190. The summed E-state index contributed by atoms with van der Waals surface area (Å²) in [5, 5.41) is 0. The molecule has 0 N–H and O–H groups in total. The lowest BCUT2D eigenvalue weighted by molar-refractivity contribution is -0.127. The van der Waals surface area contributed by atoms with E-state index in [-0.39, 0.29) is 12.0 Å². The predicted molar refractivity (Wildman–Crippen MR) is 60.9 cm³/mol. The second kappa shape index (κ2) is 5.61. The van der Waals surface area contributed by atoms with Gasteiger partial charge >= 0.3 is 0 Å². The van der Waals surface area contributed by atoms with Crippen molar-refractivity contribution in [1.29, 1.82) is 0 Å². The first-order valence-electron chi connectivity index (χ1n) is 5.93. The quantitative estimate of drug-likeness (QED) is 0.712. The molecule has 0 aromatic rings. The van der Waals surface area contributed by atoms with Gasteiger partial charge in [0, 0.05) is 18.5 Å². The Bertz CT molecular complexity index is 218. The molecular weight excluding hydrogens is 190 g/mol. The van der Waals surface area contributed by atoms with E-state index in [4.69, 9.17) is 4.74 Å². The zero-order chi connectivity index (χ0) is 11.4. The van der Waals surface area contributed by atoms with Crippen LogP contribution >= 0.6 is 0 Å². The first-order valence-corrected chi connectivity index (χ1v) is 5.93. The number of rotatable bonds is 4. The van der Waals surface area contributed by atoms with Gasteiger partial charge < -0.3 is 4.74 Å². The van der Waals surface area contributed by atoms with Crippen LogP contribution in [-0.4, -0.2) is 42.5 Å². The number of carbonyl (C=O) groups excluding carboxylic acids is 1. The van der Waals surface area contributed by atoms with E-state index >= 15 is 0 Å². The van der Waals surface area contributed by atoms with Crippen molar-refractivity contribution in [1.82, 2.24) is 4.90 Å². The molecule has 0 aromatic heterocycles. The lowest BCUT2D eigenvalue weighted by Crippen LogP contribution is -2.49. The van der Waals surface area contributed by atoms with Crippen molar-refractivity contribution in [2.24, 2.45) is 5.92 Å². The van der Waals surface area contributed by atoms with Crippen LogP contribution in [0.1, 0.15) is 34.1 Å². The Morgan fingerprint density at radius 3 is 2.80 bits per heavy atom. The van der Waals surface area contributed by atoms with Crippen molar-refractivity contribution >= 4 is 5.78 Å². The van der Waals surface area contributed by atoms with Crippen LogP contribution in [0.2, 0.25) is 0 Å². The van der Waals surface area contributed by atoms with Crippen LogP contribution in [0.4, 0.5) is 0 Å². The fourth-order valence-corrected chi connectivity index (χ4v) is 1.78. The number of morpholine rings is 1. The first-order chi connectivity index (χ1) is 7.04. The number of hydrogen-bond acceptors (Lipinski definition) is 3. The van der Waals surface area contributed by atoms with Crippen molar-refractivity contribution in [3.8, 4) is 0 Å². The number of nitrogens with zero attached hydrogens (tertiary/aromatic N) is 1. The summed E-state index contributed by atoms with van der Waals surface area (Å²) >= 11 is 0. The fourth-order valence-electron chi connectivity index (χ4n) is 1.78.